The summed E-state index contributed by atoms with van der Waals surface area (Å²) >= 11 is 0. The van der Waals surface area contributed by atoms with Gasteiger partial charge in [-0.1, -0.05) is 62.1 Å². The number of pyridine rings is 1. The molecule has 0 aliphatic heterocycles. The zero-order valence-electron chi connectivity index (χ0n) is 18.9. The molecular formula is C27H24N3OSi+. The summed E-state index contributed by atoms with van der Waals surface area (Å²) in [6.07, 6.45) is 1.90. The first-order chi connectivity index (χ1) is 15.4. The molecule has 0 aliphatic carbocycles. The Balaban J connectivity index is 2.01. The van der Waals surface area contributed by atoms with Gasteiger partial charge in [0.1, 0.15) is 18.8 Å². The van der Waals surface area contributed by atoms with Crippen molar-refractivity contribution in [2.75, 3.05) is 0 Å². The number of furan rings is 1. The first kappa shape index (κ1) is 18.2. The molecule has 0 aliphatic rings. The first-order valence-corrected chi connectivity index (χ1v) is 14.6. The lowest BCUT2D eigenvalue weighted by Crippen LogP contribution is -2.37. The van der Waals surface area contributed by atoms with E-state index in [9.17, 15) is 0 Å². The standard InChI is InChI=1S/C27H24N3OSi/c1-15-16-10-6-7-11-17(16)21-18-12-8-9-13-19(18)30-24(21)20(15)23-22-25(30)27(32(3,4)5)31-26(22)28-14-29(23)2/h6-14H,1-5H3/q+1. The molecule has 0 N–H and O–H groups in total. The summed E-state index contributed by atoms with van der Waals surface area (Å²) in [6.45, 7) is 9.32. The Morgan fingerprint density at radius 2 is 1.53 bits per heavy atom. The van der Waals surface area contributed by atoms with Gasteiger partial charge in [-0.25, -0.2) is 4.57 Å². The fourth-order valence-electron chi connectivity index (χ4n) is 5.72. The number of benzene rings is 3. The summed E-state index contributed by atoms with van der Waals surface area (Å²) in [6, 6.07) is 17.6. The van der Waals surface area contributed by atoms with E-state index in [1.807, 2.05) is 6.33 Å². The van der Waals surface area contributed by atoms with E-state index in [1.165, 1.54) is 54.6 Å². The highest BCUT2D eigenvalue weighted by Crippen LogP contribution is 2.44. The van der Waals surface area contributed by atoms with E-state index in [0.29, 0.717) is 0 Å². The summed E-state index contributed by atoms with van der Waals surface area (Å²) in [4.78, 5) is 4.72. The van der Waals surface area contributed by atoms with Gasteiger partial charge in [-0.05, 0) is 34.3 Å². The van der Waals surface area contributed by atoms with E-state index in [0.717, 1.165) is 16.5 Å². The van der Waals surface area contributed by atoms with Crippen LogP contribution in [0.5, 0.6) is 0 Å². The zero-order chi connectivity index (χ0) is 21.9. The molecule has 0 unspecified atom stereocenters. The second-order valence-corrected chi connectivity index (χ2v) is 15.0. The van der Waals surface area contributed by atoms with Gasteiger partial charge >= 0.3 is 5.71 Å². The molecule has 32 heavy (non-hydrogen) atoms. The molecule has 5 heteroatoms. The maximum atomic E-state index is 6.56. The molecule has 0 amide bonds. The molecule has 0 bridgehead atoms. The predicted molar refractivity (Wildman–Crippen MR) is 135 cm³/mol. The third-order valence-corrected chi connectivity index (χ3v) is 8.73. The van der Waals surface area contributed by atoms with Crippen molar-refractivity contribution in [1.29, 1.82) is 0 Å². The normalized spacial score (nSPS) is 13.2. The van der Waals surface area contributed by atoms with Crippen LogP contribution in [-0.4, -0.2) is 17.5 Å². The van der Waals surface area contributed by atoms with Gasteiger partial charge in [-0.15, -0.1) is 0 Å². The number of rotatable bonds is 1. The van der Waals surface area contributed by atoms with Crippen molar-refractivity contribution in [3.8, 4) is 0 Å². The fourth-order valence-corrected chi connectivity index (χ4v) is 7.07. The third-order valence-electron chi connectivity index (χ3n) is 7.03. The van der Waals surface area contributed by atoms with E-state index < -0.39 is 8.07 Å². The van der Waals surface area contributed by atoms with Crippen molar-refractivity contribution in [3.05, 3.63) is 60.4 Å². The smallest absolute Gasteiger partial charge is 0.346 e. The molecule has 3 aromatic carbocycles. The van der Waals surface area contributed by atoms with Gasteiger partial charge in [-0.2, -0.15) is 0 Å². The maximum absolute atomic E-state index is 6.56. The first-order valence-electron chi connectivity index (χ1n) is 11.1. The summed E-state index contributed by atoms with van der Waals surface area (Å²) in [5.41, 5.74) is 6.99. The molecule has 4 nitrogen and oxygen atoms in total. The summed E-state index contributed by atoms with van der Waals surface area (Å²) in [7, 11) is 0.312. The van der Waals surface area contributed by atoms with Gasteiger partial charge in [0.15, 0.2) is 5.52 Å². The summed E-state index contributed by atoms with van der Waals surface area (Å²) in [5.74, 6) is 0. The Morgan fingerprint density at radius 1 is 0.844 bits per heavy atom. The van der Waals surface area contributed by atoms with Crippen molar-refractivity contribution >= 4 is 73.6 Å². The Kier molecular flexibility index (Phi) is 3.22. The van der Waals surface area contributed by atoms with E-state index in [-0.39, 0.29) is 0 Å². The highest BCUT2D eigenvalue weighted by atomic mass is 28.3. The van der Waals surface area contributed by atoms with Crippen molar-refractivity contribution in [2.45, 2.75) is 26.6 Å². The van der Waals surface area contributed by atoms with E-state index in [4.69, 9.17) is 9.40 Å². The molecular weight excluding hydrogens is 410 g/mol. The lowest BCUT2D eigenvalue weighted by Gasteiger charge is -2.16. The Labute approximate surface area is 186 Å². The Hall–Kier alpha value is -3.44. The van der Waals surface area contributed by atoms with Crippen molar-refractivity contribution in [3.63, 3.8) is 0 Å². The van der Waals surface area contributed by atoms with E-state index in [1.54, 1.807) is 0 Å². The van der Waals surface area contributed by atoms with E-state index in [2.05, 4.69) is 91.1 Å². The number of hydrogen-bond donors (Lipinski definition) is 0. The summed E-state index contributed by atoms with van der Waals surface area (Å²) in [5, 5.41) is 8.79. The Bertz CT molecular complexity index is 1890. The molecule has 156 valence electrons. The van der Waals surface area contributed by atoms with Gasteiger partial charge in [0.25, 0.3) is 6.33 Å². The van der Waals surface area contributed by atoms with Gasteiger partial charge in [-0.3, -0.25) is 0 Å². The van der Waals surface area contributed by atoms with Gasteiger partial charge < -0.3 is 8.82 Å². The molecule has 7 rings (SSSR count). The van der Waals surface area contributed by atoms with Crippen LogP contribution in [0, 0.1) is 6.92 Å². The van der Waals surface area contributed by atoms with Crippen LogP contribution in [0.4, 0.5) is 0 Å². The molecule has 4 heterocycles. The van der Waals surface area contributed by atoms with Crippen LogP contribution in [-0.2, 0) is 7.05 Å². The third kappa shape index (κ3) is 1.98. The SMILES string of the molecule is Cc1c2ccccc2c2c3ccccc3n3c4c([Si](C)(C)C)oc5nc[n+](C)c(c1c23)c54. The molecule has 0 radical (unpaired) electrons. The van der Waals surface area contributed by atoms with Crippen LogP contribution in [0.25, 0.3) is 60.1 Å². The molecule has 0 saturated heterocycles. The van der Waals surface area contributed by atoms with Crippen LogP contribution in [0.15, 0.2) is 59.3 Å². The minimum Gasteiger partial charge on any atom is -0.427 e. The number of fused-ring (bicyclic) bond motifs is 7. The molecule has 0 fully saturated rings. The molecule has 0 saturated carbocycles. The van der Waals surface area contributed by atoms with E-state index >= 15 is 0 Å². The number of nitrogens with zero attached hydrogens (tertiary/aromatic N) is 3. The Morgan fingerprint density at radius 3 is 2.28 bits per heavy atom. The molecule has 4 aromatic heterocycles. The van der Waals surface area contributed by atoms with Crippen molar-refractivity contribution < 1.29 is 8.98 Å². The predicted octanol–water partition coefficient (Wildman–Crippen LogP) is 5.81. The molecule has 0 spiro atoms. The van der Waals surface area contributed by atoms with Crippen molar-refractivity contribution in [1.82, 2.24) is 9.38 Å². The van der Waals surface area contributed by atoms with Gasteiger partial charge in [0.05, 0.1) is 29.0 Å². The highest BCUT2D eigenvalue weighted by Gasteiger charge is 2.34. The number of aryl methyl sites for hydroxylation is 2. The van der Waals surface area contributed by atoms with Gasteiger partial charge in [0.2, 0.25) is 0 Å². The molecule has 7 aromatic rings. The summed E-state index contributed by atoms with van der Waals surface area (Å²) < 4.78 is 11.2. The van der Waals surface area contributed by atoms with Crippen LogP contribution in [0.1, 0.15) is 5.56 Å². The van der Waals surface area contributed by atoms with Crippen LogP contribution in [0.2, 0.25) is 19.6 Å². The second kappa shape index (κ2) is 5.67. The maximum Gasteiger partial charge on any atom is 0.346 e. The number of hydrogen-bond acceptors (Lipinski definition) is 2. The fraction of sp³-hybridized carbons (Fsp3) is 0.185. The average Bonchev–Trinajstić information content (AvgIpc) is 3.32. The minimum absolute atomic E-state index is 0.745. The molecule has 0 atom stereocenters. The van der Waals surface area contributed by atoms with Gasteiger partial charge in [0, 0.05) is 10.8 Å². The van der Waals surface area contributed by atoms with Crippen LogP contribution >= 0.6 is 0 Å². The minimum atomic E-state index is -1.79. The number of para-hydroxylation sites is 1. The monoisotopic (exact) mass is 434 g/mol. The quantitative estimate of drug-likeness (QED) is 0.141. The van der Waals surface area contributed by atoms with Crippen LogP contribution in [0.3, 0.4) is 0 Å². The number of aromatic nitrogens is 3. The topological polar surface area (TPSA) is 34.3 Å². The lowest BCUT2D eigenvalue weighted by atomic mass is 9.95. The zero-order valence-corrected chi connectivity index (χ0v) is 19.9. The second-order valence-electron chi connectivity index (χ2n) is 10.0. The van der Waals surface area contributed by atoms with Crippen LogP contribution < -0.4 is 9.95 Å². The average molecular weight is 435 g/mol. The largest absolute Gasteiger partial charge is 0.427 e. The highest BCUT2D eigenvalue weighted by molar-refractivity contribution is 6.89. The lowest BCUT2D eigenvalue weighted by molar-refractivity contribution is -0.647. The van der Waals surface area contributed by atoms with Crippen molar-refractivity contribution in [2.24, 2.45) is 7.05 Å².